The van der Waals surface area contributed by atoms with Gasteiger partial charge in [-0.2, -0.15) is 0 Å². The van der Waals surface area contributed by atoms with Gasteiger partial charge in [0.1, 0.15) is 5.78 Å². The van der Waals surface area contributed by atoms with Crippen molar-refractivity contribution in [2.75, 3.05) is 13.1 Å². The maximum Gasteiger partial charge on any atom is 0.137 e. The molecule has 0 radical (unpaired) electrons. The van der Waals surface area contributed by atoms with Crippen LogP contribution in [-0.2, 0) is 4.79 Å². The molecule has 2 nitrogen and oxygen atoms in total. The van der Waals surface area contributed by atoms with E-state index in [4.69, 9.17) is 0 Å². The predicted octanol–water partition coefficient (Wildman–Crippen LogP) is 1.75. The predicted molar refractivity (Wildman–Crippen MR) is 50.1 cm³/mol. The Labute approximate surface area is 74.7 Å². The number of piperidine rings is 1. The molecule has 1 rings (SSSR count). The number of ketones is 1. The van der Waals surface area contributed by atoms with Crippen molar-refractivity contribution in [3.8, 4) is 0 Å². The maximum atomic E-state index is 11.5. The van der Waals surface area contributed by atoms with Crippen LogP contribution in [0.4, 0.5) is 0 Å². The molecule has 0 bridgehead atoms. The molecule has 1 N–H and O–H groups in total. The normalized spacial score (nSPS) is 23.9. The summed E-state index contributed by atoms with van der Waals surface area (Å²) in [5.74, 6) is 0.800. The molecule has 70 valence electrons. The third-order valence-corrected chi connectivity index (χ3v) is 2.53. The van der Waals surface area contributed by atoms with Gasteiger partial charge in [0.05, 0.1) is 0 Å². The monoisotopic (exact) mass is 169 g/mol. The number of nitrogens with one attached hydrogen (secondary N) is 1. The van der Waals surface area contributed by atoms with Crippen molar-refractivity contribution in [1.29, 1.82) is 0 Å². The molecule has 1 fully saturated rings. The summed E-state index contributed by atoms with van der Waals surface area (Å²) in [5, 5.41) is 3.27. The second-order valence-corrected chi connectivity index (χ2v) is 3.61. The highest BCUT2D eigenvalue weighted by atomic mass is 16.1. The number of unbranched alkanes of at least 4 members (excludes halogenated alkanes) is 1. The molecular formula is C10H19NO. The zero-order valence-corrected chi connectivity index (χ0v) is 7.94. The van der Waals surface area contributed by atoms with Crippen molar-refractivity contribution in [2.45, 2.75) is 39.0 Å². The molecule has 2 heteroatoms. The van der Waals surface area contributed by atoms with Crippen molar-refractivity contribution in [2.24, 2.45) is 5.92 Å². The van der Waals surface area contributed by atoms with E-state index in [1.807, 2.05) is 0 Å². The fourth-order valence-corrected chi connectivity index (χ4v) is 1.68. The molecule has 0 saturated carbocycles. The summed E-state index contributed by atoms with van der Waals surface area (Å²) in [6.07, 6.45) is 5.27. The molecule has 1 saturated heterocycles. The molecule has 0 aliphatic carbocycles. The minimum atomic E-state index is 0.324. The van der Waals surface area contributed by atoms with Crippen LogP contribution in [0.25, 0.3) is 0 Å². The summed E-state index contributed by atoms with van der Waals surface area (Å²) in [7, 11) is 0. The van der Waals surface area contributed by atoms with Crippen LogP contribution in [0, 0.1) is 5.92 Å². The number of carbonyl (C=O) groups is 1. The average Bonchev–Trinajstić information content (AvgIpc) is 2.15. The lowest BCUT2D eigenvalue weighted by molar-refractivity contribution is -0.123. The number of carbonyl (C=O) groups excluding carboxylic acids is 1. The van der Waals surface area contributed by atoms with Gasteiger partial charge >= 0.3 is 0 Å². The summed E-state index contributed by atoms with van der Waals surface area (Å²) in [5.41, 5.74) is 0. The third kappa shape index (κ3) is 2.94. The first-order chi connectivity index (χ1) is 5.84. The zero-order chi connectivity index (χ0) is 8.81. The van der Waals surface area contributed by atoms with Gasteiger partial charge < -0.3 is 5.32 Å². The van der Waals surface area contributed by atoms with Crippen LogP contribution in [-0.4, -0.2) is 18.9 Å². The van der Waals surface area contributed by atoms with E-state index in [-0.39, 0.29) is 0 Å². The van der Waals surface area contributed by atoms with Crippen LogP contribution in [0.3, 0.4) is 0 Å². The van der Waals surface area contributed by atoms with E-state index < -0.39 is 0 Å². The highest BCUT2D eigenvalue weighted by Crippen LogP contribution is 2.14. The Bertz CT molecular complexity index is 139. The fourth-order valence-electron chi connectivity index (χ4n) is 1.68. The minimum absolute atomic E-state index is 0.324. The first-order valence-corrected chi connectivity index (χ1v) is 5.08. The number of hydrogen-bond donors (Lipinski definition) is 1. The van der Waals surface area contributed by atoms with E-state index >= 15 is 0 Å². The summed E-state index contributed by atoms with van der Waals surface area (Å²) >= 11 is 0. The van der Waals surface area contributed by atoms with Crippen LogP contribution in [0.15, 0.2) is 0 Å². The largest absolute Gasteiger partial charge is 0.316 e. The lowest BCUT2D eigenvalue weighted by atomic mass is 9.92. The third-order valence-electron chi connectivity index (χ3n) is 2.53. The number of rotatable bonds is 4. The Morgan fingerprint density at radius 3 is 3.00 bits per heavy atom. The fraction of sp³-hybridized carbons (Fsp3) is 0.900. The highest BCUT2D eigenvalue weighted by molar-refractivity contribution is 5.81. The van der Waals surface area contributed by atoms with E-state index in [0.29, 0.717) is 11.7 Å². The van der Waals surface area contributed by atoms with Gasteiger partial charge in [-0.3, -0.25) is 4.79 Å². The van der Waals surface area contributed by atoms with Gasteiger partial charge in [0, 0.05) is 18.9 Å². The molecule has 0 aromatic rings. The van der Waals surface area contributed by atoms with Gasteiger partial charge in [-0.05, 0) is 25.8 Å². The molecule has 1 atom stereocenters. The summed E-state index contributed by atoms with van der Waals surface area (Å²) in [4.78, 5) is 11.5. The number of Topliss-reactive ketones (excluding diaryl/α,β-unsaturated/α-hetero) is 1. The highest BCUT2D eigenvalue weighted by Gasteiger charge is 2.19. The first kappa shape index (κ1) is 9.72. The second-order valence-electron chi connectivity index (χ2n) is 3.61. The van der Waals surface area contributed by atoms with Gasteiger partial charge in [-0.25, -0.2) is 0 Å². The van der Waals surface area contributed by atoms with Crippen molar-refractivity contribution >= 4 is 5.78 Å². The lowest BCUT2D eigenvalue weighted by Crippen LogP contribution is -2.34. The molecule has 0 unspecified atom stereocenters. The second kappa shape index (κ2) is 5.31. The van der Waals surface area contributed by atoms with E-state index in [0.717, 1.165) is 38.8 Å². The Balaban J connectivity index is 2.20. The maximum absolute atomic E-state index is 11.5. The molecule has 0 aromatic heterocycles. The van der Waals surface area contributed by atoms with Crippen LogP contribution in [0.5, 0.6) is 0 Å². The molecule has 12 heavy (non-hydrogen) atoms. The lowest BCUT2D eigenvalue weighted by Gasteiger charge is -2.21. The van der Waals surface area contributed by atoms with Crippen LogP contribution in [0.2, 0.25) is 0 Å². The molecule has 1 aliphatic heterocycles. The first-order valence-electron chi connectivity index (χ1n) is 5.08. The molecule has 1 aliphatic rings. The average molecular weight is 169 g/mol. The molecule has 1 heterocycles. The topological polar surface area (TPSA) is 29.1 Å². The van der Waals surface area contributed by atoms with E-state index in [2.05, 4.69) is 12.2 Å². The molecular weight excluding hydrogens is 150 g/mol. The van der Waals surface area contributed by atoms with Gasteiger partial charge in [-0.1, -0.05) is 13.3 Å². The smallest absolute Gasteiger partial charge is 0.137 e. The summed E-state index contributed by atoms with van der Waals surface area (Å²) in [6.45, 7) is 4.15. The van der Waals surface area contributed by atoms with Gasteiger partial charge in [0.25, 0.3) is 0 Å². The summed E-state index contributed by atoms with van der Waals surface area (Å²) < 4.78 is 0. The van der Waals surface area contributed by atoms with Gasteiger partial charge in [0.2, 0.25) is 0 Å². The van der Waals surface area contributed by atoms with Crippen molar-refractivity contribution in [3.05, 3.63) is 0 Å². The quantitative estimate of drug-likeness (QED) is 0.694. The van der Waals surface area contributed by atoms with Gasteiger partial charge in [-0.15, -0.1) is 0 Å². The van der Waals surface area contributed by atoms with Crippen molar-refractivity contribution in [1.82, 2.24) is 5.32 Å². The van der Waals surface area contributed by atoms with E-state index in [1.54, 1.807) is 0 Å². The molecule has 0 spiro atoms. The zero-order valence-electron chi connectivity index (χ0n) is 7.94. The Morgan fingerprint density at radius 1 is 1.58 bits per heavy atom. The van der Waals surface area contributed by atoms with Gasteiger partial charge in [0.15, 0.2) is 0 Å². The van der Waals surface area contributed by atoms with Crippen LogP contribution >= 0.6 is 0 Å². The standard InChI is InChI=1S/C10H19NO/c1-2-3-6-10(12)9-5-4-7-11-8-9/h9,11H,2-8H2,1H3/t9-/m1/s1. The van der Waals surface area contributed by atoms with Crippen LogP contribution in [0.1, 0.15) is 39.0 Å². The Hall–Kier alpha value is -0.370. The van der Waals surface area contributed by atoms with Crippen molar-refractivity contribution in [3.63, 3.8) is 0 Å². The molecule has 0 aromatic carbocycles. The summed E-state index contributed by atoms with van der Waals surface area (Å²) in [6, 6.07) is 0. The van der Waals surface area contributed by atoms with E-state index in [1.165, 1.54) is 6.42 Å². The van der Waals surface area contributed by atoms with Crippen LogP contribution < -0.4 is 5.32 Å². The Morgan fingerprint density at radius 2 is 2.42 bits per heavy atom. The molecule has 0 amide bonds. The van der Waals surface area contributed by atoms with E-state index in [9.17, 15) is 4.79 Å². The Kier molecular flexibility index (Phi) is 4.30. The van der Waals surface area contributed by atoms with Crippen molar-refractivity contribution < 1.29 is 4.79 Å². The number of hydrogen-bond acceptors (Lipinski definition) is 2. The SMILES string of the molecule is CCCCC(=O)[C@@H]1CCCNC1. The minimum Gasteiger partial charge on any atom is -0.316 e.